The fourth-order valence-electron chi connectivity index (χ4n) is 3.65. The maximum Gasteiger partial charge on any atom is 0.140 e. The summed E-state index contributed by atoms with van der Waals surface area (Å²) < 4.78 is 5.58. The van der Waals surface area contributed by atoms with Crippen molar-refractivity contribution >= 4 is 11.6 Å². The van der Waals surface area contributed by atoms with Crippen LogP contribution in [0.1, 0.15) is 42.7 Å². The first-order valence-corrected chi connectivity index (χ1v) is 8.45. The van der Waals surface area contributed by atoms with Gasteiger partial charge in [-0.1, -0.05) is 30.5 Å². The lowest BCUT2D eigenvalue weighted by Gasteiger charge is -2.28. The van der Waals surface area contributed by atoms with E-state index in [-0.39, 0.29) is 0 Å². The number of ether oxygens (including phenoxy) is 1. The zero-order valence-electron chi connectivity index (χ0n) is 12.8. The van der Waals surface area contributed by atoms with Crippen LogP contribution >= 0.6 is 11.6 Å². The summed E-state index contributed by atoms with van der Waals surface area (Å²) in [5, 5.41) is 4.17. The number of piperazine rings is 1. The second-order valence-electron chi connectivity index (χ2n) is 6.21. The van der Waals surface area contributed by atoms with Gasteiger partial charge < -0.3 is 10.1 Å². The number of benzene rings is 1. The molecule has 0 spiro atoms. The summed E-state index contributed by atoms with van der Waals surface area (Å²) in [6.07, 6.45) is 5.19. The van der Waals surface area contributed by atoms with Gasteiger partial charge in [0.15, 0.2) is 0 Å². The molecule has 1 heterocycles. The first kappa shape index (κ1) is 15.1. The van der Waals surface area contributed by atoms with Gasteiger partial charge in [0.25, 0.3) is 0 Å². The van der Waals surface area contributed by atoms with E-state index in [1.54, 1.807) is 7.11 Å². The highest BCUT2D eigenvalue weighted by molar-refractivity contribution is 6.32. The molecular formula is C17H25ClN2O. The van der Waals surface area contributed by atoms with Gasteiger partial charge in [0.1, 0.15) is 5.75 Å². The molecule has 3 rings (SSSR count). The molecule has 1 aliphatic carbocycles. The van der Waals surface area contributed by atoms with Gasteiger partial charge in [0.2, 0.25) is 0 Å². The van der Waals surface area contributed by atoms with E-state index in [0.717, 1.165) is 43.5 Å². The average Bonchev–Trinajstić information content (AvgIpc) is 3.02. The number of methoxy groups -OCH3 is 1. The number of hydrogen-bond donors (Lipinski definition) is 1. The molecule has 1 aromatic carbocycles. The fraction of sp³-hybridized carbons (Fsp3) is 0.647. The number of nitrogens with one attached hydrogen (secondary N) is 1. The van der Waals surface area contributed by atoms with E-state index in [4.69, 9.17) is 16.3 Å². The highest BCUT2D eigenvalue weighted by atomic mass is 35.5. The number of halogens is 1. The third kappa shape index (κ3) is 3.53. The molecule has 0 atom stereocenters. The molecule has 0 radical (unpaired) electrons. The van der Waals surface area contributed by atoms with Gasteiger partial charge in [-0.3, -0.25) is 4.90 Å². The Balaban J connectivity index is 1.83. The van der Waals surface area contributed by atoms with Crippen molar-refractivity contribution in [3.05, 3.63) is 28.3 Å². The molecule has 0 aromatic heterocycles. The summed E-state index contributed by atoms with van der Waals surface area (Å²) in [7, 11) is 1.73. The van der Waals surface area contributed by atoms with Gasteiger partial charge in [0.05, 0.1) is 12.1 Å². The van der Waals surface area contributed by atoms with Crippen LogP contribution in [-0.2, 0) is 6.54 Å². The minimum absolute atomic E-state index is 0.625. The molecule has 1 saturated carbocycles. The van der Waals surface area contributed by atoms with Crippen LogP contribution in [0.4, 0.5) is 0 Å². The van der Waals surface area contributed by atoms with Crippen molar-refractivity contribution in [2.45, 2.75) is 38.1 Å². The van der Waals surface area contributed by atoms with Crippen molar-refractivity contribution in [1.29, 1.82) is 0 Å². The van der Waals surface area contributed by atoms with Crippen molar-refractivity contribution in [2.24, 2.45) is 0 Å². The molecule has 21 heavy (non-hydrogen) atoms. The van der Waals surface area contributed by atoms with Gasteiger partial charge in [0, 0.05) is 32.7 Å². The Labute approximate surface area is 132 Å². The molecule has 2 fully saturated rings. The molecular weight excluding hydrogens is 284 g/mol. The Kier molecular flexibility index (Phi) is 5.04. The van der Waals surface area contributed by atoms with Crippen molar-refractivity contribution in [3.63, 3.8) is 0 Å². The molecule has 1 saturated heterocycles. The van der Waals surface area contributed by atoms with Crippen LogP contribution in [0.2, 0.25) is 5.02 Å². The number of rotatable bonds is 4. The van der Waals surface area contributed by atoms with E-state index in [9.17, 15) is 0 Å². The second kappa shape index (κ2) is 6.99. The lowest BCUT2D eigenvalue weighted by atomic mass is 9.94. The molecule has 0 bridgehead atoms. The van der Waals surface area contributed by atoms with Crippen LogP contribution in [0.25, 0.3) is 0 Å². The molecule has 1 N–H and O–H groups in total. The van der Waals surface area contributed by atoms with Gasteiger partial charge >= 0.3 is 0 Å². The van der Waals surface area contributed by atoms with Crippen molar-refractivity contribution < 1.29 is 4.74 Å². The zero-order valence-corrected chi connectivity index (χ0v) is 13.6. The molecule has 2 aliphatic rings. The lowest BCUT2D eigenvalue weighted by molar-refractivity contribution is 0.233. The van der Waals surface area contributed by atoms with Crippen LogP contribution in [-0.4, -0.2) is 38.2 Å². The number of nitrogens with zero attached hydrogens (tertiary/aromatic N) is 1. The largest absolute Gasteiger partial charge is 0.495 e. The van der Waals surface area contributed by atoms with Crippen LogP contribution in [0.5, 0.6) is 5.75 Å². The van der Waals surface area contributed by atoms with E-state index in [1.165, 1.54) is 36.8 Å². The van der Waals surface area contributed by atoms with Crippen molar-refractivity contribution in [1.82, 2.24) is 10.2 Å². The Morgan fingerprint density at radius 1 is 1.24 bits per heavy atom. The van der Waals surface area contributed by atoms with E-state index in [0.29, 0.717) is 5.92 Å². The maximum atomic E-state index is 6.47. The topological polar surface area (TPSA) is 24.5 Å². The average molecular weight is 309 g/mol. The lowest BCUT2D eigenvalue weighted by Crippen LogP contribution is -2.42. The molecule has 3 nitrogen and oxygen atoms in total. The van der Waals surface area contributed by atoms with Crippen LogP contribution in [0.15, 0.2) is 12.1 Å². The Bertz CT molecular complexity index is 480. The molecule has 4 heteroatoms. The normalized spacial score (nSPS) is 20.9. The summed E-state index contributed by atoms with van der Waals surface area (Å²) in [6.45, 7) is 5.38. The fourth-order valence-corrected chi connectivity index (χ4v) is 3.97. The van der Waals surface area contributed by atoms with Crippen molar-refractivity contribution in [2.75, 3.05) is 33.3 Å². The van der Waals surface area contributed by atoms with E-state index < -0.39 is 0 Å². The standard InChI is InChI=1S/C17H25ClN2O/c1-21-17-15(14-4-2-3-5-14)10-13(11-16(17)18)12-20-8-6-19-7-9-20/h10-11,14,19H,2-9,12H2,1H3. The Morgan fingerprint density at radius 2 is 1.95 bits per heavy atom. The number of hydrogen-bond acceptors (Lipinski definition) is 3. The molecule has 0 amide bonds. The van der Waals surface area contributed by atoms with Crippen LogP contribution < -0.4 is 10.1 Å². The SMILES string of the molecule is COc1c(Cl)cc(CN2CCNCC2)cc1C1CCCC1. The highest BCUT2D eigenvalue weighted by Crippen LogP contribution is 2.42. The van der Waals surface area contributed by atoms with Gasteiger partial charge in [-0.05, 0) is 36.0 Å². The minimum atomic E-state index is 0.625. The molecule has 1 aromatic rings. The quantitative estimate of drug-likeness (QED) is 0.922. The summed E-state index contributed by atoms with van der Waals surface area (Å²) in [6, 6.07) is 4.42. The monoisotopic (exact) mass is 308 g/mol. The molecule has 0 unspecified atom stereocenters. The summed E-state index contributed by atoms with van der Waals surface area (Å²) in [4.78, 5) is 2.49. The Morgan fingerprint density at radius 3 is 2.62 bits per heavy atom. The second-order valence-corrected chi connectivity index (χ2v) is 6.61. The van der Waals surface area contributed by atoms with Crippen LogP contribution in [0, 0.1) is 0 Å². The first-order valence-electron chi connectivity index (χ1n) is 8.07. The predicted octanol–water partition coefficient (Wildman–Crippen LogP) is 3.41. The van der Waals surface area contributed by atoms with E-state index >= 15 is 0 Å². The summed E-state index contributed by atoms with van der Waals surface area (Å²) in [5.74, 6) is 1.52. The maximum absolute atomic E-state index is 6.47. The van der Waals surface area contributed by atoms with Crippen LogP contribution in [0.3, 0.4) is 0 Å². The summed E-state index contributed by atoms with van der Waals surface area (Å²) >= 11 is 6.47. The summed E-state index contributed by atoms with van der Waals surface area (Å²) in [5.41, 5.74) is 2.65. The third-order valence-corrected chi connectivity index (χ3v) is 5.03. The first-order chi connectivity index (χ1) is 10.3. The van der Waals surface area contributed by atoms with Gasteiger partial charge in [-0.15, -0.1) is 0 Å². The molecule has 1 aliphatic heterocycles. The van der Waals surface area contributed by atoms with Gasteiger partial charge in [-0.25, -0.2) is 0 Å². The van der Waals surface area contributed by atoms with E-state index in [1.807, 2.05) is 0 Å². The van der Waals surface area contributed by atoms with E-state index in [2.05, 4.69) is 22.3 Å². The molecule has 116 valence electrons. The highest BCUT2D eigenvalue weighted by Gasteiger charge is 2.23. The van der Waals surface area contributed by atoms with Crippen molar-refractivity contribution in [3.8, 4) is 5.75 Å². The Hall–Kier alpha value is -0.770. The zero-order chi connectivity index (χ0) is 14.7. The minimum Gasteiger partial charge on any atom is -0.495 e. The third-order valence-electron chi connectivity index (χ3n) is 4.75. The van der Waals surface area contributed by atoms with Gasteiger partial charge in [-0.2, -0.15) is 0 Å². The smallest absolute Gasteiger partial charge is 0.140 e. The predicted molar refractivity (Wildman–Crippen MR) is 87.4 cm³/mol.